The van der Waals surface area contributed by atoms with E-state index in [0.717, 1.165) is 168 Å². The van der Waals surface area contributed by atoms with E-state index in [1.165, 1.54) is 208 Å². The van der Waals surface area contributed by atoms with Gasteiger partial charge in [0.25, 0.3) is 0 Å². The number of nitrogens with one attached hydrogen (secondary N) is 3. The van der Waals surface area contributed by atoms with Crippen LogP contribution in [-0.2, 0) is 0 Å². The molecule has 9 fully saturated rings. The van der Waals surface area contributed by atoms with Gasteiger partial charge in [0.2, 0.25) is 17.8 Å². The summed E-state index contributed by atoms with van der Waals surface area (Å²) in [6, 6.07) is 3.15. The lowest BCUT2D eigenvalue weighted by Crippen LogP contribution is -2.46. The average molecular weight is 1460 g/mol. The first-order chi connectivity index (χ1) is 51.6. The molecule has 6 aromatic rings. The van der Waals surface area contributed by atoms with Crippen molar-refractivity contribution in [3.63, 3.8) is 0 Å². The maximum atomic E-state index is 10.1. The summed E-state index contributed by atoms with van der Waals surface area (Å²) in [5.74, 6) is 5.80. The first kappa shape index (κ1) is 79.0. The largest absolute Gasteiger partial charge is 0.393 e. The first-order valence-electron chi connectivity index (χ1n) is 43.6. The first-order valence-corrected chi connectivity index (χ1v) is 43.6. The molecule has 20 nitrogen and oxygen atoms in total. The molecule has 0 bridgehead atoms. The van der Waals surface area contributed by atoms with Gasteiger partial charge in [-0.15, -0.1) is 0 Å². The molecule has 4 aliphatic carbocycles. The number of hydrogen-bond acceptors (Lipinski definition) is 17. The lowest BCUT2D eigenvalue weighted by molar-refractivity contribution is 0.0966. The molecule has 0 spiro atoms. The molecule has 5 aliphatic heterocycles. The second kappa shape index (κ2) is 38.2. The van der Waals surface area contributed by atoms with Gasteiger partial charge < -0.3 is 69.5 Å². The van der Waals surface area contributed by atoms with E-state index in [4.69, 9.17) is 29.9 Å². The van der Waals surface area contributed by atoms with Crippen LogP contribution in [0.1, 0.15) is 306 Å². The monoisotopic (exact) mass is 1460 g/mol. The number of likely N-dealkylation sites (tertiary alicyclic amines) is 5. The standard InChI is InChI=1S/C29H48N6O.C29H47N5O.C28H46N6O/c1-4-5-21(2)31-29-30-18-26-27(20-35(28(26)32-29)24-6-8-25(36)9-7-24)23-12-16-34(17-13-23)19-22-10-14-33(3)15-11-22;1-3-7-21(2)31-29-30-18-26-27(20-34(28(26)32-29)24-10-12-25(35)13-11-24)23-14-16-33(17-15-23)19-22-8-5-4-6-9-22;1-4-5-20(2)30-28-29-18-25-26(19-34(27(25)31-28)23-6-8-24(35)9-7-23)21-10-16-33(17-11-21)22-12-14-32(3)15-13-22/h18,20-25,36H,4-17,19H2,1-3H3,(H,30,31,32);18,20-25,35H,3-17,19H2,1-2H3,(H,30,31,32);18-24,35H,4-17H2,1-3H3,(H,29,30,31)/t2*21-,24?,25?;20-,23?,24?/m000/s1. The van der Waals surface area contributed by atoms with E-state index in [1.54, 1.807) is 0 Å². The Hall–Kier alpha value is -5.06. The van der Waals surface area contributed by atoms with Crippen LogP contribution in [0.5, 0.6) is 0 Å². The SMILES string of the molecule is CCC[C@H](C)Nc1ncc2c(C3CCN(C4CCN(C)CC4)CC3)cn(C3CCC(O)CC3)c2n1.CCC[C@H](C)Nc1ncc2c(C3CCN(CC4CCCCC4)CC3)cn(C3CCC(O)CC3)c2n1.CCC[C@H](C)Nc1ncc2c(C3CCN(CC4CCN(C)CC4)CC3)cn(C3CCC(O)CC3)c2n1. The van der Waals surface area contributed by atoms with E-state index in [2.05, 4.69) is 147 Å². The summed E-state index contributed by atoms with van der Waals surface area (Å²) in [7, 11) is 4.50. The van der Waals surface area contributed by atoms with Crippen LogP contribution < -0.4 is 16.0 Å². The van der Waals surface area contributed by atoms with Crippen molar-refractivity contribution in [3.05, 3.63) is 53.9 Å². The normalized spacial score (nSPS) is 26.5. The van der Waals surface area contributed by atoms with E-state index in [-0.39, 0.29) is 18.3 Å². The van der Waals surface area contributed by atoms with Gasteiger partial charge in [0, 0.05) is 109 Å². The Morgan fingerprint density at radius 2 is 0.679 bits per heavy atom. The van der Waals surface area contributed by atoms with Gasteiger partial charge in [-0.2, -0.15) is 15.0 Å². The number of aliphatic hydroxyl groups excluding tert-OH is 3. The van der Waals surface area contributed by atoms with Gasteiger partial charge in [-0.3, -0.25) is 0 Å². The number of nitrogens with zero attached hydrogens (tertiary/aromatic N) is 14. The van der Waals surface area contributed by atoms with Gasteiger partial charge in [-0.1, -0.05) is 59.3 Å². The third kappa shape index (κ3) is 20.5. The fourth-order valence-electron chi connectivity index (χ4n) is 20.5. The summed E-state index contributed by atoms with van der Waals surface area (Å²) < 4.78 is 7.33. The van der Waals surface area contributed by atoms with Crippen molar-refractivity contribution >= 4 is 50.9 Å². The van der Waals surface area contributed by atoms with Crippen molar-refractivity contribution in [2.75, 3.05) is 109 Å². The van der Waals surface area contributed by atoms with E-state index >= 15 is 0 Å². The number of aromatic nitrogens is 9. The highest BCUT2D eigenvalue weighted by atomic mass is 16.3. The minimum Gasteiger partial charge on any atom is -0.393 e. The molecule has 6 N–H and O–H groups in total. The van der Waals surface area contributed by atoms with Gasteiger partial charge in [0.15, 0.2) is 0 Å². The Bertz CT molecular complexity index is 3600. The second-order valence-electron chi connectivity index (χ2n) is 35.4. The minimum atomic E-state index is -0.141. The Balaban J connectivity index is 0.000000141. The summed E-state index contributed by atoms with van der Waals surface area (Å²) >= 11 is 0. The summed E-state index contributed by atoms with van der Waals surface area (Å²) in [5, 5.41) is 44.6. The van der Waals surface area contributed by atoms with Gasteiger partial charge >= 0.3 is 0 Å². The maximum absolute atomic E-state index is 10.1. The van der Waals surface area contributed by atoms with Crippen molar-refractivity contribution in [2.45, 2.75) is 332 Å². The molecule has 5 saturated heterocycles. The number of hydrogen-bond donors (Lipinski definition) is 6. The van der Waals surface area contributed by atoms with E-state index < -0.39 is 0 Å². The number of fused-ring (bicyclic) bond motifs is 3. The van der Waals surface area contributed by atoms with Crippen LogP contribution in [0.4, 0.5) is 17.8 Å². The van der Waals surface area contributed by atoms with Crippen molar-refractivity contribution in [1.82, 2.24) is 68.1 Å². The zero-order valence-corrected chi connectivity index (χ0v) is 67.0. The Labute approximate surface area is 637 Å². The zero-order chi connectivity index (χ0) is 73.6. The molecule has 20 heteroatoms. The van der Waals surface area contributed by atoms with E-state index in [1.807, 2.05) is 0 Å². The quantitative estimate of drug-likeness (QED) is 0.0353. The molecule has 15 rings (SSSR count). The van der Waals surface area contributed by atoms with Crippen LogP contribution in [0.2, 0.25) is 0 Å². The van der Waals surface area contributed by atoms with Crippen molar-refractivity contribution in [1.29, 1.82) is 0 Å². The lowest BCUT2D eigenvalue weighted by atomic mass is 9.86. The highest BCUT2D eigenvalue weighted by Gasteiger charge is 2.35. The minimum absolute atomic E-state index is 0.136. The van der Waals surface area contributed by atoms with Gasteiger partial charge in [-0.05, 0) is 320 Å². The molecule has 588 valence electrons. The Morgan fingerprint density at radius 3 is 1.01 bits per heavy atom. The molecule has 0 unspecified atom stereocenters. The topological polar surface area (TPSA) is 205 Å². The number of anilines is 3. The van der Waals surface area contributed by atoms with E-state index in [9.17, 15) is 15.3 Å². The smallest absolute Gasteiger partial charge is 0.224 e. The molecule has 0 aromatic carbocycles. The predicted molar refractivity (Wildman–Crippen MR) is 435 cm³/mol. The maximum Gasteiger partial charge on any atom is 0.224 e. The van der Waals surface area contributed by atoms with Crippen LogP contribution in [0.3, 0.4) is 0 Å². The number of aliphatic hydroxyl groups is 3. The van der Waals surface area contributed by atoms with Crippen LogP contribution in [0, 0.1) is 11.8 Å². The average Bonchev–Trinajstić information content (AvgIpc) is 1.63. The van der Waals surface area contributed by atoms with Crippen molar-refractivity contribution < 1.29 is 15.3 Å². The van der Waals surface area contributed by atoms with E-state index in [0.29, 0.717) is 54.0 Å². The second-order valence-corrected chi connectivity index (χ2v) is 35.4. The lowest BCUT2D eigenvalue weighted by Gasteiger charge is -2.41. The van der Waals surface area contributed by atoms with Gasteiger partial charge in [-0.25, -0.2) is 15.0 Å². The number of rotatable bonds is 23. The summed E-state index contributed by atoms with van der Waals surface area (Å²) in [5.41, 5.74) is 7.61. The third-order valence-electron chi connectivity index (χ3n) is 27.1. The van der Waals surface area contributed by atoms with Crippen molar-refractivity contribution in [3.8, 4) is 0 Å². The van der Waals surface area contributed by atoms with Crippen LogP contribution >= 0.6 is 0 Å². The molecule has 3 atom stereocenters. The molecule has 4 saturated carbocycles. The zero-order valence-electron chi connectivity index (χ0n) is 67.0. The van der Waals surface area contributed by atoms with Gasteiger partial charge in [0.1, 0.15) is 16.9 Å². The molecule has 106 heavy (non-hydrogen) atoms. The van der Waals surface area contributed by atoms with Crippen molar-refractivity contribution in [2.24, 2.45) is 11.8 Å². The molecule has 6 aromatic heterocycles. The predicted octanol–water partition coefficient (Wildman–Crippen LogP) is 16.1. The van der Waals surface area contributed by atoms with Crippen LogP contribution in [-0.4, -0.2) is 219 Å². The molecule has 9 aliphatic rings. The highest BCUT2D eigenvalue weighted by molar-refractivity contribution is 5.83. The molecular formula is C86H141N17O3. The highest BCUT2D eigenvalue weighted by Crippen LogP contribution is 2.44. The molecular weight excluding hydrogens is 1320 g/mol. The van der Waals surface area contributed by atoms with Crippen LogP contribution in [0.15, 0.2) is 37.2 Å². The fraction of sp³-hybridized carbons (Fsp3) is 0.791. The fourth-order valence-corrected chi connectivity index (χ4v) is 20.5. The summed E-state index contributed by atoms with van der Waals surface area (Å²) in [6.45, 7) is 28.1. The third-order valence-corrected chi connectivity index (χ3v) is 27.1. The van der Waals surface area contributed by atoms with Crippen LogP contribution in [0.25, 0.3) is 33.1 Å². The molecule has 0 radical (unpaired) electrons. The molecule has 0 amide bonds. The number of piperidine rings is 5. The summed E-state index contributed by atoms with van der Waals surface area (Å²) in [4.78, 5) is 42.7. The Morgan fingerprint density at radius 1 is 0.368 bits per heavy atom. The summed E-state index contributed by atoms with van der Waals surface area (Å²) in [6.07, 6.45) is 51.3. The van der Waals surface area contributed by atoms with Gasteiger partial charge in [0.05, 0.1) is 18.3 Å². The Kier molecular flexibility index (Phi) is 28.5. The molecule has 11 heterocycles.